The molecule has 180 valence electrons. The van der Waals surface area contributed by atoms with Crippen molar-refractivity contribution in [1.82, 2.24) is 15.0 Å². The average Bonchev–Trinajstić information content (AvgIpc) is 3.44. The van der Waals surface area contributed by atoms with E-state index in [4.69, 9.17) is 9.72 Å². The van der Waals surface area contributed by atoms with E-state index in [0.717, 1.165) is 43.7 Å². The number of hydrogen-bond donors (Lipinski definition) is 2. The minimum atomic E-state index is -0.469. The topological polar surface area (TPSA) is 83.4 Å². The third-order valence-electron chi connectivity index (χ3n) is 6.31. The van der Waals surface area contributed by atoms with Gasteiger partial charge in [-0.25, -0.2) is 9.97 Å². The number of aromatic nitrogens is 3. The van der Waals surface area contributed by atoms with Crippen molar-refractivity contribution in [3.63, 3.8) is 0 Å². The fraction of sp³-hybridized carbons (Fsp3) is 0.179. The second-order valence-corrected chi connectivity index (χ2v) is 10.0. The summed E-state index contributed by atoms with van der Waals surface area (Å²) in [5.74, 6) is 2.32. The summed E-state index contributed by atoms with van der Waals surface area (Å²) in [6.45, 7) is 0. The third kappa shape index (κ3) is 4.36. The van der Waals surface area contributed by atoms with Gasteiger partial charge in [0.2, 0.25) is 0 Å². The first kappa shape index (κ1) is 22.5. The molecule has 3 heterocycles. The minimum Gasteiger partial charge on any atom is -0.457 e. The van der Waals surface area contributed by atoms with Gasteiger partial charge in [0.05, 0.1) is 28.1 Å². The molecule has 3 aromatic heterocycles. The van der Waals surface area contributed by atoms with E-state index in [1.54, 1.807) is 17.5 Å². The number of aliphatic hydroxyl groups is 1. The molecule has 2 aromatic carbocycles. The van der Waals surface area contributed by atoms with Gasteiger partial charge in [-0.2, -0.15) is 0 Å². The van der Waals surface area contributed by atoms with Gasteiger partial charge in [0, 0.05) is 50.6 Å². The highest BCUT2D eigenvalue weighted by Crippen LogP contribution is 2.37. The first-order valence-corrected chi connectivity index (χ1v) is 12.6. The highest BCUT2D eigenvalue weighted by Gasteiger charge is 2.31. The Morgan fingerprint density at radius 2 is 1.86 bits per heavy atom. The molecule has 0 bridgehead atoms. The Morgan fingerprint density at radius 1 is 1.00 bits per heavy atom. The van der Waals surface area contributed by atoms with Crippen molar-refractivity contribution in [2.24, 2.45) is 0 Å². The van der Waals surface area contributed by atoms with Crippen LogP contribution in [-0.4, -0.2) is 40.3 Å². The summed E-state index contributed by atoms with van der Waals surface area (Å²) in [5.41, 5.74) is 4.92. The highest BCUT2D eigenvalue weighted by molar-refractivity contribution is 7.22. The van der Waals surface area contributed by atoms with Crippen LogP contribution in [0.5, 0.6) is 11.5 Å². The summed E-state index contributed by atoms with van der Waals surface area (Å²) >= 11 is 1.55. The molecule has 6 rings (SSSR count). The summed E-state index contributed by atoms with van der Waals surface area (Å²) in [6.07, 6.45) is 3.74. The molecule has 0 saturated heterocycles. The second kappa shape index (κ2) is 9.22. The zero-order chi connectivity index (χ0) is 24.6. The fourth-order valence-corrected chi connectivity index (χ4v) is 5.41. The lowest BCUT2D eigenvalue weighted by Gasteiger charge is -2.16. The molecule has 1 aliphatic carbocycles. The molecular formula is C28H25N5O2S. The number of benzene rings is 2. The summed E-state index contributed by atoms with van der Waals surface area (Å²) in [4.78, 5) is 15.6. The van der Waals surface area contributed by atoms with Gasteiger partial charge < -0.3 is 20.1 Å². The van der Waals surface area contributed by atoms with Crippen LogP contribution in [0.1, 0.15) is 17.2 Å². The van der Waals surface area contributed by atoms with Crippen molar-refractivity contribution >= 4 is 32.5 Å². The maximum Gasteiger partial charge on any atom is 0.184 e. The van der Waals surface area contributed by atoms with E-state index in [1.807, 2.05) is 79.8 Å². The average molecular weight is 496 g/mol. The Labute approximate surface area is 213 Å². The quantitative estimate of drug-likeness (QED) is 0.313. The Hall–Kier alpha value is -4.01. The number of aliphatic hydroxyl groups excluding tert-OH is 1. The molecular weight excluding hydrogens is 470 g/mol. The Morgan fingerprint density at radius 3 is 2.69 bits per heavy atom. The fourth-order valence-electron chi connectivity index (χ4n) is 4.48. The lowest BCUT2D eigenvalue weighted by molar-refractivity contribution is 0.166. The normalized spacial score (nSPS) is 16.6. The van der Waals surface area contributed by atoms with Crippen LogP contribution in [0.15, 0.2) is 79.1 Å². The smallest absolute Gasteiger partial charge is 0.184 e. The number of nitrogens with zero attached hydrogens (tertiary/aromatic N) is 4. The number of fused-ring (bicyclic) bond motifs is 2. The monoisotopic (exact) mass is 495 g/mol. The molecule has 0 unspecified atom stereocenters. The van der Waals surface area contributed by atoms with E-state index in [-0.39, 0.29) is 6.04 Å². The van der Waals surface area contributed by atoms with E-state index >= 15 is 0 Å². The zero-order valence-electron chi connectivity index (χ0n) is 19.9. The number of ether oxygens (including phenoxy) is 1. The molecule has 7 nitrogen and oxygen atoms in total. The molecule has 0 radical (unpaired) electrons. The van der Waals surface area contributed by atoms with E-state index in [0.29, 0.717) is 12.2 Å². The largest absolute Gasteiger partial charge is 0.457 e. The second-order valence-electron chi connectivity index (χ2n) is 9.02. The van der Waals surface area contributed by atoms with Crippen molar-refractivity contribution in [1.29, 1.82) is 0 Å². The van der Waals surface area contributed by atoms with Crippen molar-refractivity contribution in [2.45, 2.75) is 18.6 Å². The Balaban J connectivity index is 1.21. The van der Waals surface area contributed by atoms with E-state index in [9.17, 15) is 5.11 Å². The van der Waals surface area contributed by atoms with Gasteiger partial charge in [0.15, 0.2) is 5.13 Å². The van der Waals surface area contributed by atoms with Gasteiger partial charge in [-0.1, -0.05) is 35.6 Å². The van der Waals surface area contributed by atoms with Crippen molar-refractivity contribution in [3.8, 4) is 22.8 Å². The van der Waals surface area contributed by atoms with Gasteiger partial charge in [-0.05, 0) is 41.5 Å². The van der Waals surface area contributed by atoms with Crippen LogP contribution >= 0.6 is 11.3 Å². The van der Waals surface area contributed by atoms with Crippen LogP contribution in [0.25, 0.3) is 21.5 Å². The van der Waals surface area contributed by atoms with Crippen molar-refractivity contribution in [3.05, 3.63) is 90.3 Å². The Bertz CT molecular complexity index is 1530. The van der Waals surface area contributed by atoms with Crippen LogP contribution in [0.2, 0.25) is 0 Å². The molecule has 0 aliphatic heterocycles. The molecule has 0 fully saturated rings. The molecule has 36 heavy (non-hydrogen) atoms. The molecule has 5 aromatic rings. The maximum atomic E-state index is 10.6. The van der Waals surface area contributed by atoms with Crippen molar-refractivity contribution in [2.75, 3.05) is 24.3 Å². The predicted octanol–water partition coefficient (Wildman–Crippen LogP) is 5.68. The predicted molar refractivity (Wildman–Crippen MR) is 144 cm³/mol. The molecule has 8 heteroatoms. The number of pyridine rings is 2. The highest BCUT2D eigenvalue weighted by atomic mass is 32.1. The Kier molecular flexibility index (Phi) is 5.75. The maximum absolute atomic E-state index is 10.6. The molecule has 0 spiro atoms. The summed E-state index contributed by atoms with van der Waals surface area (Å²) < 4.78 is 7.17. The van der Waals surface area contributed by atoms with Crippen LogP contribution in [0.3, 0.4) is 0 Å². The SMILES string of the molecule is CN(C)c1ccc(-c2cc(Oc3ccc4nc(N[C@@H]5c6ccccc6C[C@@H]5O)sc4c3)ccn2)cn1. The van der Waals surface area contributed by atoms with Crippen molar-refractivity contribution < 1.29 is 9.84 Å². The first-order chi connectivity index (χ1) is 17.5. The van der Waals surface area contributed by atoms with Gasteiger partial charge in [0.1, 0.15) is 17.3 Å². The van der Waals surface area contributed by atoms with Gasteiger partial charge in [-0.15, -0.1) is 0 Å². The van der Waals surface area contributed by atoms with E-state index in [2.05, 4.69) is 27.4 Å². The number of anilines is 2. The van der Waals surface area contributed by atoms with Gasteiger partial charge in [0.25, 0.3) is 0 Å². The first-order valence-electron chi connectivity index (χ1n) is 11.7. The van der Waals surface area contributed by atoms with Crippen LogP contribution in [0.4, 0.5) is 10.9 Å². The van der Waals surface area contributed by atoms with Gasteiger partial charge in [-0.3, -0.25) is 4.98 Å². The van der Waals surface area contributed by atoms with Crippen LogP contribution in [0, 0.1) is 0 Å². The lowest BCUT2D eigenvalue weighted by Crippen LogP contribution is -2.20. The summed E-state index contributed by atoms with van der Waals surface area (Å²) in [7, 11) is 3.93. The van der Waals surface area contributed by atoms with E-state index < -0.39 is 6.10 Å². The van der Waals surface area contributed by atoms with Crippen LogP contribution < -0.4 is 15.0 Å². The molecule has 1 aliphatic rings. The van der Waals surface area contributed by atoms with Gasteiger partial charge >= 0.3 is 0 Å². The third-order valence-corrected chi connectivity index (χ3v) is 7.26. The number of nitrogens with one attached hydrogen (secondary N) is 1. The van der Waals surface area contributed by atoms with E-state index in [1.165, 1.54) is 5.56 Å². The summed E-state index contributed by atoms with van der Waals surface area (Å²) in [6, 6.07) is 21.6. The minimum absolute atomic E-state index is 0.158. The number of rotatable bonds is 6. The molecule has 2 N–H and O–H groups in total. The number of thiazole rings is 1. The lowest BCUT2D eigenvalue weighted by atomic mass is 10.1. The summed E-state index contributed by atoms with van der Waals surface area (Å²) in [5, 5.41) is 14.8. The zero-order valence-corrected chi connectivity index (χ0v) is 20.7. The molecule has 0 saturated carbocycles. The molecule has 0 amide bonds. The number of hydrogen-bond acceptors (Lipinski definition) is 8. The standard InChI is InChI=1S/C28H25N5O2S/c1-33(2)26-10-7-18(16-30-26)23-14-20(11-12-29-23)35-19-8-9-22-25(15-19)36-28(31-22)32-27-21-6-4-3-5-17(21)13-24(27)34/h3-12,14-16,24,27,34H,13H2,1-2H3,(H,31,32)/t24-,27+/m0/s1. The molecule has 2 atom stereocenters. The van der Waals surface area contributed by atoms with Crippen LogP contribution in [-0.2, 0) is 6.42 Å².